The average molecular weight is 726 g/mol. The fourth-order valence-corrected chi connectivity index (χ4v) is 8.06. The van der Waals surface area contributed by atoms with Gasteiger partial charge in [-0.25, -0.2) is 0 Å². The molecule has 1 heterocycles. The SMILES string of the molecule is CC(C)(C)c1cc(N(c2ccc(-c3ccc4c(c3)oc3ccccc34)cc2)c2ccccc2-c2cccc3cccc(-c4ccccc4)c23)cc(C(C)(C)C)c1. The van der Waals surface area contributed by atoms with Gasteiger partial charge in [-0.2, -0.15) is 0 Å². The summed E-state index contributed by atoms with van der Waals surface area (Å²) >= 11 is 0. The second kappa shape index (κ2) is 13.7. The Morgan fingerprint density at radius 2 is 0.982 bits per heavy atom. The summed E-state index contributed by atoms with van der Waals surface area (Å²) in [6.07, 6.45) is 0. The molecule has 8 aromatic carbocycles. The monoisotopic (exact) mass is 725 g/mol. The molecule has 0 spiro atoms. The van der Waals surface area contributed by atoms with Gasteiger partial charge >= 0.3 is 0 Å². The molecule has 9 rings (SSSR count). The van der Waals surface area contributed by atoms with Crippen molar-refractivity contribution < 1.29 is 4.42 Å². The van der Waals surface area contributed by atoms with Gasteiger partial charge in [0.1, 0.15) is 11.2 Å². The molecule has 0 radical (unpaired) electrons. The summed E-state index contributed by atoms with van der Waals surface area (Å²) in [6.45, 7) is 13.9. The number of hydrogen-bond acceptors (Lipinski definition) is 2. The van der Waals surface area contributed by atoms with Gasteiger partial charge in [0.05, 0.1) is 5.69 Å². The topological polar surface area (TPSA) is 16.4 Å². The zero-order valence-corrected chi connectivity index (χ0v) is 33.1. The zero-order valence-electron chi connectivity index (χ0n) is 33.1. The summed E-state index contributed by atoms with van der Waals surface area (Å²) in [5, 5.41) is 4.76. The molecule has 0 fully saturated rings. The van der Waals surface area contributed by atoms with Gasteiger partial charge in [-0.3, -0.25) is 0 Å². The van der Waals surface area contributed by atoms with Crippen LogP contribution in [0.25, 0.3) is 66.1 Å². The molecule has 0 saturated heterocycles. The maximum atomic E-state index is 6.28. The first-order valence-corrected chi connectivity index (χ1v) is 19.7. The summed E-state index contributed by atoms with van der Waals surface area (Å²) in [4.78, 5) is 2.47. The van der Waals surface area contributed by atoms with Gasteiger partial charge in [-0.05, 0) is 109 Å². The predicted molar refractivity (Wildman–Crippen MR) is 240 cm³/mol. The van der Waals surface area contributed by atoms with E-state index in [-0.39, 0.29) is 10.8 Å². The maximum Gasteiger partial charge on any atom is 0.136 e. The summed E-state index contributed by atoms with van der Waals surface area (Å²) in [7, 11) is 0. The summed E-state index contributed by atoms with van der Waals surface area (Å²) < 4.78 is 6.28. The Morgan fingerprint density at radius 3 is 1.70 bits per heavy atom. The summed E-state index contributed by atoms with van der Waals surface area (Å²) in [5.74, 6) is 0. The molecule has 1 aromatic heterocycles. The molecule has 0 unspecified atom stereocenters. The fraction of sp³-hybridized carbons (Fsp3) is 0.148. The number of hydrogen-bond donors (Lipinski definition) is 0. The van der Waals surface area contributed by atoms with E-state index in [4.69, 9.17) is 4.42 Å². The van der Waals surface area contributed by atoms with E-state index in [2.05, 4.69) is 210 Å². The lowest BCUT2D eigenvalue weighted by Crippen LogP contribution is -2.19. The second-order valence-electron chi connectivity index (χ2n) is 17.1. The van der Waals surface area contributed by atoms with Crippen molar-refractivity contribution in [3.63, 3.8) is 0 Å². The van der Waals surface area contributed by atoms with Gasteiger partial charge in [-0.1, -0.05) is 169 Å². The molecule has 0 aliphatic carbocycles. The van der Waals surface area contributed by atoms with Crippen LogP contribution in [0.15, 0.2) is 180 Å². The molecule has 0 amide bonds. The molecule has 0 saturated carbocycles. The Kier molecular flexibility index (Phi) is 8.66. The smallest absolute Gasteiger partial charge is 0.136 e. The number of furan rings is 1. The van der Waals surface area contributed by atoms with E-state index < -0.39 is 0 Å². The van der Waals surface area contributed by atoms with Crippen LogP contribution >= 0.6 is 0 Å². The second-order valence-corrected chi connectivity index (χ2v) is 17.1. The number of para-hydroxylation sites is 2. The van der Waals surface area contributed by atoms with Crippen LogP contribution in [0.4, 0.5) is 17.1 Å². The molecular weight excluding hydrogens is 679 g/mol. The van der Waals surface area contributed by atoms with Gasteiger partial charge in [0.25, 0.3) is 0 Å². The van der Waals surface area contributed by atoms with Crippen molar-refractivity contribution in [2.45, 2.75) is 52.4 Å². The molecule has 0 N–H and O–H groups in total. The van der Waals surface area contributed by atoms with E-state index in [0.29, 0.717) is 0 Å². The van der Waals surface area contributed by atoms with Crippen LogP contribution in [0, 0.1) is 0 Å². The van der Waals surface area contributed by atoms with Crippen molar-refractivity contribution in [3.05, 3.63) is 187 Å². The van der Waals surface area contributed by atoms with Crippen LogP contribution in [-0.4, -0.2) is 0 Å². The predicted octanol–water partition coefficient (Wildman–Crippen LogP) is 15.8. The molecular formula is C54H47NO. The van der Waals surface area contributed by atoms with E-state index in [9.17, 15) is 0 Å². The summed E-state index contributed by atoms with van der Waals surface area (Å²) in [5.41, 5.74) is 14.8. The van der Waals surface area contributed by atoms with Crippen molar-refractivity contribution >= 4 is 49.8 Å². The van der Waals surface area contributed by atoms with Crippen LogP contribution in [0.3, 0.4) is 0 Å². The number of nitrogens with zero attached hydrogens (tertiary/aromatic N) is 1. The third-order valence-electron chi connectivity index (χ3n) is 11.2. The summed E-state index contributed by atoms with van der Waals surface area (Å²) in [6, 6.07) is 64.1. The van der Waals surface area contributed by atoms with E-state index in [1.165, 1.54) is 44.2 Å². The van der Waals surface area contributed by atoms with Crippen molar-refractivity contribution in [1.29, 1.82) is 0 Å². The van der Waals surface area contributed by atoms with Crippen LogP contribution in [0.1, 0.15) is 52.7 Å². The highest BCUT2D eigenvalue weighted by Gasteiger charge is 2.25. The molecule has 0 bridgehead atoms. The Balaban J connectivity index is 1.25. The van der Waals surface area contributed by atoms with E-state index in [1.807, 2.05) is 12.1 Å². The van der Waals surface area contributed by atoms with Gasteiger partial charge < -0.3 is 9.32 Å². The minimum atomic E-state index is -0.0411. The van der Waals surface area contributed by atoms with Gasteiger partial charge in [-0.15, -0.1) is 0 Å². The lowest BCUT2D eigenvalue weighted by molar-refractivity contribution is 0.569. The van der Waals surface area contributed by atoms with Crippen molar-refractivity contribution in [3.8, 4) is 33.4 Å². The molecule has 56 heavy (non-hydrogen) atoms. The standard InChI is InChI=1S/C54H47NO/c1-53(2,3)40-33-41(54(4,5)6)35-43(34-40)55(42-29-26-36(27-30-42)39-28-31-47-46-21-11-13-25-50(46)56-51(47)32-39)49-24-12-10-20-45(49)48-23-15-19-38-18-14-22-44(52(38)48)37-16-8-7-9-17-37/h7-35H,1-6H3. The Morgan fingerprint density at radius 1 is 0.393 bits per heavy atom. The molecule has 2 heteroatoms. The Labute approximate surface area is 330 Å². The molecule has 0 atom stereocenters. The molecule has 0 aliphatic heterocycles. The molecule has 2 nitrogen and oxygen atoms in total. The Bertz CT molecular complexity index is 2830. The van der Waals surface area contributed by atoms with E-state index >= 15 is 0 Å². The molecule has 9 aromatic rings. The lowest BCUT2D eigenvalue weighted by Gasteiger charge is -2.32. The fourth-order valence-electron chi connectivity index (χ4n) is 8.06. The van der Waals surface area contributed by atoms with Gasteiger partial charge in [0.2, 0.25) is 0 Å². The lowest BCUT2D eigenvalue weighted by atomic mass is 9.80. The first-order valence-electron chi connectivity index (χ1n) is 19.7. The normalized spacial score (nSPS) is 12.1. The van der Waals surface area contributed by atoms with Crippen LogP contribution in [0.5, 0.6) is 0 Å². The number of benzene rings is 8. The minimum absolute atomic E-state index is 0.0411. The minimum Gasteiger partial charge on any atom is -0.456 e. The Hall–Kier alpha value is -6.38. The van der Waals surface area contributed by atoms with E-state index in [1.54, 1.807) is 0 Å². The first kappa shape index (κ1) is 35.3. The van der Waals surface area contributed by atoms with Crippen LogP contribution in [0.2, 0.25) is 0 Å². The van der Waals surface area contributed by atoms with Gasteiger partial charge in [0.15, 0.2) is 0 Å². The maximum absolute atomic E-state index is 6.28. The largest absolute Gasteiger partial charge is 0.456 e. The number of rotatable bonds is 6. The van der Waals surface area contributed by atoms with Crippen molar-refractivity contribution in [2.24, 2.45) is 0 Å². The highest BCUT2D eigenvalue weighted by molar-refractivity contribution is 6.09. The van der Waals surface area contributed by atoms with Gasteiger partial charge in [0, 0.05) is 27.7 Å². The van der Waals surface area contributed by atoms with Crippen molar-refractivity contribution in [2.75, 3.05) is 4.90 Å². The van der Waals surface area contributed by atoms with Crippen molar-refractivity contribution in [1.82, 2.24) is 0 Å². The van der Waals surface area contributed by atoms with Crippen LogP contribution < -0.4 is 4.90 Å². The first-order chi connectivity index (χ1) is 27.0. The zero-order chi connectivity index (χ0) is 38.6. The number of anilines is 3. The average Bonchev–Trinajstić information content (AvgIpc) is 3.59. The molecule has 0 aliphatic rings. The van der Waals surface area contributed by atoms with Crippen LogP contribution in [-0.2, 0) is 10.8 Å². The third-order valence-corrected chi connectivity index (χ3v) is 11.2. The quantitative estimate of drug-likeness (QED) is 0.170. The molecule has 274 valence electrons. The number of fused-ring (bicyclic) bond motifs is 4. The highest BCUT2D eigenvalue weighted by atomic mass is 16.3. The van der Waals surface area contributed by atoms with E-state index in [0.717, 1.165) is 50.1 Å². The third kappa shape index (κ3) is 6.46. The highest BCUT2D eigenvalue weighted by Crippen LogP contribution is 2.46.